The second-order valence-electron chi connectivity index (χ2n) is 9.89. The number of rotatable bonds is 9. The molecule has 2 aromatic carbocycles. The minimum atomic E-state index is -4.53. The highest BCUT2D eigenvalue weighted by Gasteiger charge is 2.48. The first-order valence-electron chi connectivity index (χ1n) is 13.2. The molecule has 2 saturated heterocycles. The maximum Gasteiger partial charge on any atom is 0.416 e. The Morgan fingerprint density at radius 3 is 2.48 bits per heavy atom. The summed E-state index contributed by atoms with van der Waals surface area (Å²) in [7, 11) is 0. The summed E-state index contributed by atoms with van der Waals surface area (Å²) in [5, 5.41) is 0. The summed E-state index contributed by atoms with van der Waals surface area (Å²) < 4.78 is 58.8. The van der Waals surface area contributed by atoms with Gasteiger partial charge >= 0.3 is 12.3 Å². The molecule has 2 aromatic rings. The molecule has 8 nitrogen and oxygen atoms in total. The predicted octanol–water partition coefficient (Wildman–Crippen LogP) is 3.92. The molecule has 0 aromatic heterocycles. The van der Waals surface area contributed by atoms with Crippen molar-refractivity contribution < 1.29 is 36.7 Å². The molecule has 0 radical (unpaired) electrons. The number of alkyl halides is 3. The Hall–Kier alpha value is -3.67. The zero-order valence-corrected chi connectivity index (χ0v) is 21.9. The van der Waals surface area contributed by atoms with E-state index in [1.54, 1.807) is 17.0 Å². The first-order valence-corrected chi connectivity index (χ1v) is 13.2. The zero-order valence-electron chi connectivity index (χ0n) is 21.9. The fourth-order valence-electron chi connectivity index (χ4n) is 5.25. The summed E-state index contributed by atoms with van der Waals surface area (Å²) in [6.45, 7) is 0.351. The van der Waals surface area contributed by atoms with E-state index in [9.17, 15) is 31.9 Å². The van der Waals surface area contributed by atoms with Gasteiger partial charge in [-0.25, -0.2) is 9.18 Å². The van der Waals surface area contributed by atoms with Gasteiger partial charge in [0.2, 0.25) is 11.8 Å². The number of fused-ring (bicyclic) bond motifs is 1. The first-order chi connectivity index (χ1) is 19.1. The van der Waals surface area contributed by atoms with Crippen LogP contribution >= 0.6 is 0 Å². The van der Waals surface area contributed by atoms with Crippen molar-refractivity contribution in [2.24, 2.45) is 5.73 Å². The van der Waals surface area contributed by atoms with Gasteiger partial charge in [-0.3, -0.25) is 14.5 Å². The number of nitrogens with zero attached hydrogens (tertiary/aromatic N) is 3. The summed E-state index contributed by atoms with van der Waals surface area (Å²) in [6, 6.07) is 10.00. The van der Waals surface area contributed by atoms with Crippen molar-refractivity contribution in [3.05, 3.63) is 71.0 Å². The lowest BCUT2D eigenvalue weighted by molar-refractivity contribution is -0.169. The number of piperazine rings is 1. The third kappa shape index (κ3) is 6.72. The molecule has 2 fully saturated rings. The van der Waals surface area contributed by atoms with Crippen molar-refractivity contribution >= 4 is 17.9 Å². The van der Waals surface area contributed by atoms with Gasteiger partial charge in [0.25, 0.3) is 0 Å². The number of carbonyl (C=O) groups is 3. The highest BCUT2D eigenvalue weighted by molar-refractivity contribution is 5.90. The molecule has 2 atom stereocenters. The standard InChI is InChI=1S/C28H32F4N4O4/c29-21-10-8-19(9-11-21)17-34-18-24-35(15-12-25(37)36(24)23(26(34)38)7-3-4-14-33)27(39)40-16-13-20-5-1-2-6-22(20)28(30,31)32/h1-2,5-6,8-11,23-24H,3-4,7,12-18,33H2/t23?,24-/m1/s1. The number of carbonyl (C=O) groups excluding carboxylic acids is 3. The monoisotopic (exact) mass is 564 g/mol. The highest BCUT2D eigenvalue weighted by atomic mass is 19.4. The second-order valence-corrected chi connectivity index (χ2v) is 9.89. The van der Waals surface area contributed by atoms with E-state index in [1.807, 2.05) is 0 Å². The van der Waals surface area contributed by atoms with Gasteiger partial charge in [-0.1, -0.05) is 30.3 Å². The van der Waals surface area contributed by atoms with Crippen molar-refractivity contribution in [2.75, 3.05) is 26.2 Å². The number of ether oxygens (including phenoxy) is 1. The third-order valence-corrected chi connectivity index (χ3v) is 7.22. The Morgan fingerprint density at radius 2 is 1.77 bits per heavy atom. The molecule has 0 aliphatic carbocycles. The van der Waals surface area contributed by atoms with Crippen LogP contribution < -0.4 is 5.73 Å². The molecule has 0 saturated carbocycles. The van der Waals surface area contributed by atoms with E-state index in [4.69, 9.17) is 10.5 Å². The number of nitrogens with two attached hydrogens (primary N) is 1. The highest BCUT2D eigenvalue weighted by Crippen LogP contribution is 2.32. The fraction of sp³-hybridized carbons (Fsp3) is 0.464. The van der Waals surface area contributed by atoms with Crippen LogP contribution in [-0.4, -0.2) is 71.1 Å². The minimum absolute atomic E-state index is 0.00644. The third-order valence-electron chi connectivity index (χ3n) is 7.22. The Morgan fingerprint density at radius 1 is 1.05 bits per heavy atom. The first kappa shape index (κ1) is 29.3. The number of unbranched alkanes of at least 4 members (excludes halogenated alkanes) is 1. The summed E-state index contributed by atoms with van der Waals surface area (Å²) in [6.07, 6.45) is -4.66. The molecular weight excluding hydrogens is 532 g/mol. The van der Waals surface area contributed by atoms with E-state index in [0.29, 0.717) is 31.4 Å². The zero-order chi connectivity index (χ0) is 28.9. The van der Waals surface area contributed by atoms with Gasteiger partial charge in [-0.2, -0.15) is 13.2 Å². The second kappa shape index (κ2) is 12.7. The lowest BCUT2D eigenvalue weighted by atomic mass is 9.98. The molecule has 216 valence electrons. The van der Waals surface area contributed by atoms with E-state index >= 15 is 0 Å². The van der Waals surface area contributed by atoms with Gasteiger partial charge in [-0.05, 0) is 55.1 Å². The fourth-order valence-corrected chi connectivity index (χ4v) is 5.25. The average Bonchev–Trinajstić information content (AvgIpc) is 2.91. The normalized spacial score (nSPS) is 19.6. The minimum Gasteiger partial charge on any atom is -0.449 e. The predicted molar refractivity (Wildman–Crippen MR) is 137 cm³/mol. The van der Waals surface area contributed by atoms with Crippen molar-refractivity contribution in [1.29, 1.82) is 0 Å². The van der Waals surface area contributed by atoms with Crippen LogP contribution in [0.1, 0.15) is 42.4 Å². The van der Waals surface area contributed by atoms with Crippen LogP contribution in [0.25, 0.3) is 0 Å². The van der Waals surface area contributed by atoms with E-state index in [1.165, 1.54) is 40.1 Å². The van der Waals surface area contributed by atoms with Crippen LogP contribution in [0.5, 0.6) is 0 Å². The molecule has 4 rings (SSSR count). The number of benzene rings is 2. The Balaban J connectivity index is 1.51. The van der Waals surface area contributed by atoms with Crippen LogP contribution in [-0.2, 0) is 33.5 Å². The van der Waals surface area contributed by atoms with E-state index in [0.717, 1.165) is 6.07 Å². The van der Waals surface area contributed by atoms with Crippen molar-refractivity contribution in [3.63, 3.8) is 0 Å². The number of amides is 3. The van der Waals surface area contributed by atoms with Crippen molar-refractivity contribution in [1.82, 2.24) is 14.7 Å². The number of halogens is 4. The van der Waals surface area contributed by atoms with Gasteiger partial charge in [0.1, 0.15) is 18.0 Å². The smallest absolute Gasteiger partial charge is 0.416 e. The lowest BCUT2D eigenvalue weighted by Crippen LogP contribution is -2.71. The van der Waals surface area contributed by atoms with E-state index < -0.39 is 35.9 Å². The van der Waals surface area contributed by atoms with E-state index in [2.05, 4.69) is 0 Å². The van der Waals surface area contributed by atoms with Gasteiger partial charge in [0, 0.05) is 25.9 Å². The Kier molecular flexibility index (Phi) is 9.28. The molecule has 2 aliphatic rings. The van der Waals surface area contributed by atoms with Gasteiger partial charge < -0.3 is 20.3 Å². The number of hydrogen-bond acceptors (Lipinski definition) is 5. The Labute approximate surface area is 229 Å². The Bertz CT molecular complexity index is 1210. The maximum atomic E-state index is 13.5. The molecule has 2 aliphatic heterocycles. The van der Waals surface area contributed by atoms with Gasteiger partial charge in [0.15, 0.2) is 0 Å². The lowest BCUT2D eigenvalue weighted by Gasteiger charge is -2.52. The summed E-state index contributed by atoms with van der Waals surface area (Å²) in [4.78, 5) is 44.0. The quantitative estimate of drug-likeness (QED) is 0.368. The average molecular weight is 565 g/mol. The molecule has 1 unspecified atom stereocenters. The van der Waals surface area contributed by atoms with E-state index in [-0.39, 0.29) is 56.5 Å². The summed E-state index contributed by atoms with van der Waals surface area (Å²) in [5.41, 5.74) is 5.53. The van der Waals surface area contributed by atoms with Crippen LogP contribution in [0, 0.1) is 5.82 Å². The van der Waals surface area contributed by atoms with Crippen LogP contribution in [0.4, 0.5) is 22.4 Å². The SMILES string of the molecule is NCCCCC1C(=O)N(Cc2ccc(F)cc2)C[C@@H]2N(C(=O)OCCc3ccccc3C(F)(F)F)CCC(=O)N12. The molecule has 40 heavy (non-hydrogen) atoms. The molecule has 0 spiro atoms. The van der Waals surface area contributed by atoms with Gasteiger partial charge in [-0.15, -0.1) is 0 Å². The molecule has 3 amide bonds. The number of hydrogen-bond donors (Lipinski definition) is 1. The molecule has 2 heterocycles. The molecule has 12 heteroatoms. The summed E-state index contributed by atoms with van der Waals surface area (Å²) >= 11 is 0. The molecule has 2 N–H and O–H groups in total. The van der Waals surface area contributed by atoms with Crippen molar-refractivity contribution in [3.8, 4) is 0 Å². The van der Waals surface area contributed by atoms with Crippen molar-refractivity contribution in [2.45, 2.75) is 57.0 Å². The maximum absolute atomic E-state index is 13.5. The van der Waals surface area contributed by atoms with Crippen LogP contribution in [0.3, 0.4) is 0 Å². The molecule has 0 bridgehead atoms. The van der Waals surface area contributed by atoms with Gasteiger partial charge in [0.05, 0.1) is 18.7 Å². The van der Waals surface area contributed by atoms with Crippen LogP contribution in [0.15, 0.2) is 48.5 Å². The van der Waals surface area contributed by atoms with Crippen LogP contribution in [0.2, 0.25) is 0 Å². The molecular formula is C28H32F4N4O4. The largest absolute Gasteiger partial charge is 0.449 e. The topological polar surface area (TPSA) is 96.2 Å². The summed E-state index contributed by atoms with van der Waals surface area (Å²) in [5.74, 6) is -0.949.